The number of rotatable bonds is 9. The Morgan fingerprint density at radius 2 is 1.87 bits per heavy atom. The number of benzene rings is 1. The number of furan rings is 1. The Kier molecular flexibility index (Phi) is 8.04. The molecule has 1 N–H and O–H groups in total. The summed E-state index contributed by atoms with van der Waals surface area (Å²) in [4.78, 5) is 29.5. The number of hydrogen-bond donors (Lipinski definition) is 1. The highest BCUT2D eigenvalue weighted by Gasteiger charge is 2.32. The van der Waals surface area contributed by atoms with E-state index in [-0.39, 0.29) is 17.9 Å². The molecule has 0 bridgehead atoms. The highest BCUT2D eigenvalue weighted by Crippen LogP contribution is 2.24. The van der Waals surface area contributed by atoms with Gasteiger partial charge in [0.1, 0.15) is 6.04 Å². The van der Waals surface area contributed by atoms with Crippen molar-refractivity contribution in [2.24, 2.45) is 0 Å². The van der Waals surface area contributed by atoms with Crippen LogP contribution in [0.25, 0.3) is 0 Å². The molecule has 1 aliphatic rings. The smallest absolute Gasteiger partial charge is 0.289 e. The van der Waals surface area contributed by atoms with Crippen LogP contribution in [0.2, 0.25) is 0 Å². The summed E-state index contributed by atoms with van der Waals surface area (Å²) >= 11 is 0. The zero-order chi connectivity index (χ0) is 21.3. The third-order valence-electron chi connectivity index (χ3n) is 5.31. The van der Waals surface area contributed by atoms with E-state index in [1.165, 1.54) is 6.26 Å². The lowest BCUT2D eigenvalue weighted by Crippen LogP contribution is -2.52. The van der Waals surface area contributed by atoms with Gasteiger partial charge in [0.25, 0.3) is 5.91 Å². The molecule has 162 valence electrons. The predicted molar refractivity (Wildman–Crippen MR) is 114 cm³/mol. The Balaban J connectivity index is 1.64. The first-order valence-corrected chi connectivity index (χ1v) is 10.6. The third kappa shape index (κ3) is 5.70. The number of aryl methyl sites for hydroxylation is 1. The summed E-state index contributed by atoms with van der Waals surface area (Å²) in [6.07, 6.45) is 2.29. The Bertz CT molecular complexity index is 796. The van der Waals surface area contributed by atoms with Crippen LogP contribution in [0.3, 0.4) is 0 Å². The molecule has 1 unspecified atom stereocenters. The van der Waals surface area contributed by atoms with Crippen LogP contribution < -0.4 is 5.32 Å². The molecule has 0 spiro atoms. The zero-order valence-electron chi connectivity index (χ0n) is 17.8. The maximum atomic E-state index is 13.1. The van der Waals surface area contributed by atoms with Crippen molar-refractivity contribution in [3.8, 4) is 0 Å². The van der Waals surface area contributed by atoms with Crippen molar-refractivity contribution in [1.82, 2.24) is 15.1 Å². The van der Waals surface area contributed by atoms with Gasteiger partial charge >= 0.3 is 0 Å². The van der Waals surface area contributed by atoms with Crippen LogP contribution in [0.5, 0.6) is 0 Å². The highest BCUT2D eigenvalue weighted by molar-refractivity contribution is 5.91. The molecule has 1 aliphatic heterocycles. The van der Waals surface area contributed by atoms with Gasteiger partial charge in [0.05, 0.1) is 6.26 Å². The van der Waals surface area contributed by atoms with Gasteiger partial charge in [-0.1, -0.05) is 29.8 Å². The molecule has 0 aliphatic carbocycles. The Labute approximate surface area is 178 Å². The van der Waals surface area contributed by atoms with Gasteiger partial charge in [0.2, 0.25) is 5.91 Å². The summed E-state index contributed by atoms with van der Waals surface area (Å²) in [6.45, 7) is 8.25. The van der Waals surface area contributed by atoms with Crippen molar-refractivity contribution in [1.29, 1.82) is 0 Å². The monoisotopic (exact) mass is 413 g/mol. The molecule has 2 heterocycles. The number of amides is 2. The number of piperazine rings is 1. The van der Waals surface area contributed by atoms with Gasteiger partial charge in [-0.2, -0.15) is 0 Å². The molecular weight excluding hydrogens is 382 g/mol. The lowest BCUT2D eigenvalue weighted by Gasteiger charge is -2.38. The van der Waals surface area contributed by atoms with E-state index in [2.05, 4.69) is 10.2 Å². The molecule has 0 radical (unpaired) electrons. The van der Waals surface area contributed by atoms with E-state index in [0.29, 0.717) is 51.7 Å². The summed E-state index contributed by atoms with van der Waals surface area (Å²) < 4.78 is 10.6. The molecule has 2 amide bonds. The summed E-state index contributed by atoms with van der Waals surface area (Å²) in [5.74, 6) is 0.235. The first-order valence-electron chi connectivity index (χ1n) is 10.6. The highest BCUT2D eigenvalue weighted by atomic mass is 16.5. The number of carbonyl (C=O) groups is 2. The standard InChI is InChI=1S/C23H31N3O4/c1-3-29-16-5-11-24-22(27)21(19-9-7-18(2)8-10-19)25-12-14-26(15-13-25)23(28)20-6-4-17-30-20/h4,6-10,17,21H,3,5,11-16H2,1-2H3,(H,24,27). The van der Waals surface area contributed by atoms with Crippen molar-refractivity contribution in [2.45, 2.75) is 26.3 Å². The van der Waals surface area contributed by atoms with Crippen molar-refractivity contribution in [3.05, 3.63) is 59.5 Å². The summed E-state index contributed by atoms with van der Waals surface area (Å²) in [7, 11) is 0. The van der Waals surface area contributed by atoms with E-state index in [0.717, 1.165) is 17.5 Å². The Morgan fingerprint density at radius 1 is 1.13 bits per heavy atom. The largest absolute Gasteiger partial charge is 0.459 e. The quantitative estimate of drug-likeness (QED) is 0.640. The molecule has 1 aromatic heterocycles. The fraction of sp³-hybridized carbons (Fsp3) is 0.478. The van der Waals surface area contributed by atoms with E-state index >= 15 is 0 Å². The van der Waals surface area contributed by atoms with Crippen LogP contribution >= 0.6 is 0 Å². The number of nitrogens with zero attached hydrogens (tertiary/aromatic N) is 2. The summed E-state index contributed by atoms with van der Waals surface area (Å²) in [6, 6.07) is 11.1. The summed E-state index contributed by atoms with van der Waals surface area (Å²) in [5, 5.41) is 3.05. The van der Waals surface area contributed by atoms with Crippen molar-refractivity contribution >= 4 is 11.8 Å². The van der Waals surface area contributed by atoms with Crippen molar-refractivity contribution in [3.63, 3.8) is 0 Å². The van der Waals surface area contributed by atoms with E-state index < -0.39 is 0 Å². The SMILES string of the molecule is CCOCCCNC(=O)C(c1ccc(C)cc1)N1CCN(C(=O)c2ccco2)CC1. The van der Waals surface area contributed by atoms with E-state index in [4.69, 9.17) is 9.15 Å². The van der Waals surface area contributed by atoms with Gasteiger partial charge in [-0.15, -0.1) is 0 Å². The molecule has 1 atom stereocenters. The first kappa shape index (κ1) is 22.1. The predicted octanol–water partition coefficient (Wildman–Crippen LogP) is 2.63. The molecule has 1 saturated heterocycles. The second-order valence-corrected chi connectivity index (χ2v) is 7.46. The fourth-order valence-electron chi connectivity index (χ4n) is 3.64. The molecular formula is C23H31N3O4. The van der Waals surface area contributed by atoms with Crippen LogP contribution in [0.15, 0.2) is 47.1 Å². The van der Waals surface area contributed by atoms with Crippen LogP contribution in [0, 0.1) is 6.92 Å². The minimum Gasteiger partial charge on any atom is -0.459 e. The van der Waals surface area contributed by atoms with Gasteiger partial charge in [0, 0.05) is 45.9 Å². The second kappa shape index (κ2) is 10.9. The van der Waals surface area contributed by atoms with E-state index in [1.807, 2.05) is 38.1 Å². The molecule has 2 aromatic rings. The molecule has 7 nitrogen and oxygen atoms in total. The Morgan fingerprint density at radius 3 is 2.50 bits per heavy atom. The number of carbonyl (C=O) groups excluding carboxylic acids is 2. The molecule has 1 fully saturated rings. The normalized spacial score (nSPS) is 15.7. The summed E-state index contributed by atoms with van der Waals surface area (Å²) in [5.41, 5.74) is 2.12. The van der Waals surface area contributed by atoms with Crippen LogP contribution in [0.4, 0.5) is 0 Å². The lowest BCUT2D eigenvalue weighted by atomic mass is 10.0. The van der Waals surface area contributed by atoms with E-state index in [1.54, 1.807) is 17.0 Å². The topological polar surface area (TPSA) is 75.0 Å². The van der Waals surface area contributed by atoms with Crippen molar-refractivity contribution < 1.29 is 18.7 Å². The van der Waals surface area contributed by atoms with Gasteiger partial charge in [-0.05, 0) is 38.0 Å². The van der Waals surface area contributed by atoms with Crippen LogP contribution in [0.1, 0.15) is 41.1 Å². The fourth-order valence-corrected chi connectivity index (χ4v) is 3.64. The lowest BCUT2D eigenvalue weighted by molar-refractivity contribution is -0.127. The third-order valence-corrected chi connectivity index (χ3v) is 5.31. The van der Waals surface area contributed by atoms with Crippen LogP contribution in [-0.2, 0) is 9.53 Å². The maximum absolute atomic E-state index is 13.1. The molecule has 3 rings (SSSR count). The zero-order valence-corrected chi connectivity index (χ0v) is 17.8. The minimum absolute atomic E-state index is 0.0128. The van der Waals surface area contributed by atoms with E-state index in [9.17, 15) is 9.59 Å². The Hall–Kier alpha value is -2.64. The molecule has 30 heavy (non-hydrogen) atoms. The molecule has 0 saturated carbocycles. The number of ether oxygens (including phenoxy) is 1. The average Bonchev–Trinajstić information content (AvgIpc) is 3.30. The average molecular weight is 414 g/mol. The second-order valence-electron chi connectivity index (χ2n) is 7.46. The van der Waals surface area contributed by atoms with Crippen LogP contribution in [-0.4, -0.2) is 67.6 Å². The minimum atomic E-state index is -0.376. The van der Waals surface area contributed by atoms with Gasteiger partial charge < -0.3 is 19.4 Å². The van der Waals surface area contributed by atoms with Gasteiger partial charge in [-0.25, -0.2) is 0 Å². The van der Waals surface area contributed by atoms with Gasteiger partial charge in [-0.3, -0.25) is 14.5 Å². The first-order chi connectivity index (χ1) is 14.6. The van der Waals surface area contributed by atoms with Crippen molar-refractivity contribution in [2.75, 3.05) is 45.9 Å². The van der Waals surface area contributed by atoms with Gasteiger partial charge in [0.15, 0.2) is 5.76 Å². The number of hydrogen-bond acceptors (Lipinski definition) is 5. The number of nitrogens with one attached hydrogen (secondary N) is 1. The molecule has 7 heteroatoms. The maximum Gasteiger partial charge on any atom is 0.289 e. The molecule has 1 aromatic carbocycles.